The van der Waals surface area contributed by atoms with Gasteiger partial charge in [0.05, 0.1) is 11.3 Å². The van der Waals surface area contributed by atoms with Crippen LogP contribution in [0.4, 0.5) is 5.69 Å². The summed E-state index contributed by atoms with van der Waals surface area (Å²) in [4.78, 5) is 23.7. The maximum Gasteiger partial charge on any atom is 0.253 e. The molecule has 2 rings (SSSR count). The molecule has 1 aromatic rings. The monoisotopic (exact) mass is 246 g/mol. The standard InChI is InChI=1S/C14H18N2O2/c1-9(2)15-14(18)11-5-3-4-6-12(11)16-13(17)10-7-8-10/h3-6,9-10H,7-8H2,1-2H3,(H,15,18)(H,16,17). The molecule has 0 aliphatic heterocycles. The first-order valence-corrected chi connectivity index (χ1v) is 6.28. The normalized spacial score (nSPS) is 14.4. The number of amides is 2. The molecule has 96 valence electrons. The molecule has 0 saturated heterocycles. The largest absolute Gasteiger partial charge is 0.350 e. The second-order valence-electron chi connectivity index (χ2n) is 4.94. The molecule has 0 radical (unpaired) electrons. The molecule has 4 nitrogen and oxygen atoms in total. The number of rotatable bonds is 4. The summed E-state index contributed by atoms with van der Waals surface area (Å²) in [7, 11) is 0. The van der Waals surface area contributed by atoms with Gasteiger partial charge in [0.25, 0.3) is 5.91 Å². The van der Waals surface area contributed by atoms with Crippen molar-refractivity contribution in [3.63, 3.8) is 0 Å². The Balaban J connectivity index is 2.13. The third kappa shape index (κ3) is 3.09. The minimum absolute atomic E-state index is 0.0137. The van der Waals surface area contributed by atoms with Crippen LogP contribution in [-0.2, 0) is 4.79 Å². The van der Waals surface area contributed by atoms with Gasteiger partial charge < -0.3 is 10.6 Å². The summed E-state index contributed by atoms with van der Waals surface area (Å²) in [5.74, 6) is -0.0114. The fraction of sp³-hybridized carbons (Fsp3) is 0.429. The molecule has 0 atom stereocenters. The molecule has 0 bridgehead atoms. The van der Waals surface area contributed by atoms with Gasteiger partial charge in [0.15, 0.2) is 0 Å². The Kier molecular flexibility index (Phi) is 3.65. The highest BCUT2D eigenvalue weighted by atomic mass is 16.2. The van der Waals surface area contributed by atoms with Crippen LogP contribution in [0, 0.1) is 5.92 Å². The van der Waals surface area contributed by atoms with E-state index < -0.39 is 0 Å². The average molecular weight is 246 g/mol. The van der Waals surface area contributed by atoms with Gasteiger partial charge >= 0.3 is 0 Å². The van der Waals surface area contributed by atoms with Crippen LogP contribution in [0.3, 0.4) is 0 Å². The molecule has 0 heterocycles. The zero-order valence-corrected chi connectivity index (χ0v) is 10.7. The van der Waals surface area contributed by atoms with Crippen LogP contribution in [0.1, 0.15) is 37.0 Å². The highest BCUT2D eigenvalue weighted by Crippen LogP contribution is 2.30. The molecule has 1 aromatic carbocycles. The van der Waals surface area contributed by atoms with E-state index in [2.05, 4.69) is 10.6 Å². The molecule has 0 aromatic heterocycles. The van der Waals surface area contributed by atoms with Crippen LogP contribution < -0.4 is 10.6 Å². The van der Waals surface area contributed by atoms with Crippen LogP contribution in [0.25, 0.3) is 0 Å². The highest BCUT2D eigenvalue weighted by Gasteiger charge is 2.30. The first kappa shape index (κ1) is 12.6. The van der Waals surface area contributed by atoms with Crippen molar-refractivity contribution in [3.05, 3.63) is 29.8 Å². The lowest BCUT2D eigenvalue weighted by molar-refractivity contribution is -0.117. The van der Waals surface area contributed by atoms with Crippen molar-refractivity contribution < 1.29 is 9.59 Å². The molecule has 1 aliphatic rings. The van der Waals surface area contributed by atoms with Gasteiger partial charge in [0.2, 0.25) is 5.91 Å². The SMILES string of the molecule is CC(C)NC(=O)c1ccccc1NC(=O)C1CC1. The van der Waals surface area contributed by atoms with Crippen molar-refractivity contribution >= 4 is 17.5 Å². The molecule has 1 saturated carbocycles. The van der Waals surface area contributed by atoms with Crippen LogP contribution >= 0.6 is 0 Å². The van der Waals surface area contributed by atoms with Gasteiger partial charge in [-0.3, -0.25) is 9.59 Å². The lowest BCUT2D eigenvalue weighted by Gasteiger charge is -2.12. The predicted octanol–water partition coefficient (Wildman–Crippen LogP) is 2.17. The Bertz CT molecular complexity index is 465. The van der Waals surface area contributed by atoms with E-state index in [1.54, 1.807) is 18.2 Å². The van der Waals surface area contributed by atoms with Gasteiger partial charge in [0.1, 0.15) is 0 Å². The molecule has 2 N–H and O–H groups in total. The minimum atomic E-state index is -0.156. The number of hydrogen-bond donors (Lipinski definition) is 2. The second-order valence-corrected chi connectivity index (χ2v) is 4.94. The summed E-state index contributed by atoms with van der Waals surface area (Å²) >= 11 is 0. The number of benzene rings is 1. The Labute approximate surface area is 107 Å². The van der Waals surface area contributed by atoms with E-state index in [-0.39, 0.29) is 23.8 Å². The second kappa shape index (κ2) is 5.21. The first-order chi connectivity index (χ1) is 8.58. The number of anilines is 1. The van der Waals surface area contributed by atoms with Crippen molar-refractivity contribution in [1.29, 1.82) is 0 Å². The molecule has 2 amide bonds. The molecular weight excluding hydrogens is 228 g/mol. The number of hydrogen-bond acceptors (Lipinski definition) is 2. The van der Waals surface area contributed by atoms with Gasteiger partial charge in [-0.2, -0.15) is 0 Å². The highest BCUT2D eigenvalue weighted by molar-refractivity contribution is 6.04. The van der Waals surface area contributed by atoms with Crippen molar-refractivity contribution in [2.24, 2.45) is 5.92 Å². The first-order valence-electron chi connectivity index (χ1n) is 6.28. The van der Waals surface area contributed by atoms with E-state index in [1.807, 2.05) is 19.9 Å². The Morgan fingerprint density at radius 3 is 2.50 bits per heavy atom. The van der Waals surface area contributed by atoms with E-state index in [1.165, 1.54) is 0 Å². The molecule has 18 heavy (non-hydrogen) atoms. The lowest BCUT2D eigenvalue weighted by atomic mass is 10.1. The molecule has 1 aliphatic carbocycles. The third-order valence-corrected chi connectivity index (χ3v) is 2.80. The molecule has 0 spiro atoms. The molecular formula is C14H18N2O2. The minimum Gasteiger partial charge on any atom is -0.350 e. The average Bonchev–Trinajstić information content (AvgIpc) is 3.12. The van der Waals surface area contributed by atoms with Gasteiger partial charge in [-0.15, -0.1) is 0 Å². The van der Waals surface area contributed by atoms with Crippen molar-refractivity contribution in [1.82, 2.24) is 5.32 Å². The Hall–Kier alpha value is -1.84. The fourth-order valence-corrected chi connectivity index (χ4v) is 1.71. The van der Waals surface area contributed by atoms with E-state index in [0.717, 1.165) is 12.8 Å². The quantitative estimate of drug-likeness (QED) is 0.855. The van der Waals surface area contributed by atoms with Crippen LogP contribution in [0.5, 0.6) is 0 Å². The number of carbonyl (C=O) groups is 2. The van der Waals surface area contributed by atoms with Crippen LogP contribution in [0.2, 0.25) is 0 Å². The van der Waals surface area contributed by atoms with Gasteiger partial charge in [-0.25, -0.2) is 0 Å². The Morgan fingerprint density at radius 1 is 1.22 bits per heavy atom. The third-order valence-electron chi connectivity index (χ3n) is 2.80. The van der Waals surface area contributed by atoms with Gasteiger partial charge in [0, 0.05) is 12.0 Å². The van der Waals surface area contributed by atoms with E-state index >= 15 is 0 Å². The zero-order chi connectivity index (χ0) is 13.1. The fourth-order valence-electron chi connectivity index (χ4n) is 1.71. The number of nitrogens with one attached hydrogen (secondary N) is 2. The summed E-state index contributed by atoms with van der Waals surface area (Å²) in [5, 5.41) is 5.65. The predicted molar refractivity (Wildman–Crippen MR) is 70.4 cm³/mol. The van der Waals surface area contributed by atoms with Gasteiger partial charge in [-0.1, -0.05) is 12.1 Å². The van der Waals surface area contributed by atoms with E-state index in [4.69, 9.17) is 0 Å². The number of para-hydroxylation sites is 1. The molecule has 4 heteroatoms. The summed E-state index contributed by atoms with van der Waals surface area (Å²) in [6.45, 7) is 3.81. The van der Waals surface area contributed by atoms with E-state index in [0.29, 0.717) is 11.3 Å². The van der Waals surface area contributed by atoms with Gasteiger partial charge in [-0.05, 0) is 38.8 Å². The van der Waals surface area contributed by atoms with Crippen molar-refractivity contribution in [2.75, 3.05) is 5.32 Å². The number of carbonyl (C=O) groups excluding carboxylic acids is 2. The summed E-state index contributed by atoms with van der Waals surface area (Å²) in [5.41, 5.74) is 1.10. The van der Waals surface area contributed by atoms with E-state index in [9.17, 15) is 9.59 Å². The zero-order valence-electron chi connectivity index (χ0n) is 10.7. The summed E-state index contributed by atoms with van der Waals surface area (Å²) < 4.78 is 0. The molecule has 1 fully saturated rings. The summed E-state index contributed by atoms with van der Waals surface area (Å²) in [6, 6.07) is 7.16. The van der Waals surface area contributed by atoms with Crippen molar-refractivity contribution in [2.45, 2.75) is 32.7 Å². The maximum absolute atomic E-state index is 12.0. The molecule has 0 unspecified atom stereocenters. The maximum atomic E-state index is 12.0. The van der Waals surface area contributed by atoms with Crippen LogP contribution in [-0.4, -0.2) is 17.9 Å². The summed E-state index contributed by atoms with van der Waals surface area (Å²) in [6.07, 6.45) is 1.90. The smallest absolute Gasteiger partial charge is 0.253 e. The lowest BCUT2D eigenvalue weighted by Crippen LogP contribution is -2.31. The topological polar surface area (TPSA) is 58.2 Å². The Morgan fingerprint density at radius 2 is 1.89 bits per heavy atom. The van der Waals surface area contributed by atoms with Crippen LogP contribution in [0.15, 0.2) is 24.3 Å². The van der Waals surface area contributed by atoms with Crippen molar-refractivity contribution in [3.8, 4) is 0 Å².